The molecule has 7 heteroatoms. The minimum absolute atomic E-state index is 0.0854. The van der Waals surface area contributed by atoms with Gasteiger partial charge in [-0.05, 0) is 48.5 Å². The van der Waals surface area contributed by atoms with Crippen LogP contribution in [0, 0.1) is 5.82 Å². The van der Waals surface area contributed by atoms with Crippen molar-refractivity contribution >= 4 is 22.7 Å². The number of aromatic nitrogens is 2. The molecular weight excluding hydrogens is 419 g/mol. The molecule has 33 heavy (non-hydrogen) atoms. The minimum atomic E-state index is -0.377. The number of nitrogens with zero attached hydrogens (tertiary/aromatic N) is 4. The number of pyridine rings is 2. The van der Waals surface area contributed by atoms with Gasteiger partial charge in [-0.3, -0.25) is 14.6 Å². The average Bonchev–Trinajstić information content (AvgIpc) is 2.88. The molecule has 0 aliphatic carbocycles. The number of halogens is 1. The highest BCUT2D eigenvalue weighted by molar-refractivity contribution is 6.07. The molecule has 3 heterocycles. The van der Waals surface area contributed by atoms with E-state index in [0.29, 0.717) is 43.0 Å². The first-order chi connectivity index (χ1) is 16.1. The molecule has 2 aromatic carbocycles. The Morgan fingerprint density at radius 2 is 1.42 bits per heavy atom. The van der Waals surface area contributed by atoms with Gasteiger partial charge in [0, 0.05) is 55.1 Å². The number of fused-ring (bicyclic) bond motifs is 1. The van der Waals surface area contributed by atoms with Crippen LogP contribution < -0.4 is 0 Å². The molecule has 164 valence electrons. The molecule has 0 unspecified atom stereocenters. The van der Waals surface area contributed by atoms with Gasteiger partial charge in [-0.15, -0.1) is 0 Å². The fourth-order valence-electron chi connectivity index (χ4n) is 4.08. The lowest BCUT2D eigenvalue weighted by atomic mass is 10.0. The van der Waals surface area contributed by atoms with Crippen LogP contribution in [0.15, 0.2) is 79.1 Å². The van der Waals surface area contributed by atoms with Crippen molar-refractivity contribution in [1.29, 1.82) is 0 Å². The molecule has 0 saturated carbocycles. The molecule has 1 saturated heterocycles. The number of hydrogen-bond donors (Lipinski definition) is 0. The number of amides is 2. The molecule has 5 rings (SSSR count). The lowest BCUT2D eigenvalue weighted by molar-refractivity contribution is 0.0536. The van der Waals surface area contributed by atoms with Crippen LogP contribution in [0.5, 0.6) is 0 Å². The molecule has 0 spiro atoms. The fraction of sp³-hybridized carbons (Fsp3) is 0.154. The molecule has 1 aliphatic rings. The molecule has 0 atom stereocenters. The highest BCUT2D eigenvalue weighted by Crippen LogP contribution is 2.26. The summed E-state index contributed by atoms with van der Waals surface area (Å²) in [6.45, 7) is 1.68. The Morgan fingerprint density at radius 3 is 2.12 bits per heavy atom. The number of carbonyl (C=O) groups is 2. The van der Waals surface area contributed by atoms with E-state index in [0.717, 1.165) is 16.5 Å². The van der Waals surface area contributed by atoms with Gasteiger partial charge >= 0.3 is 0 Å². The van der Waals surface area contributed by atoms with Crippen LogP contribution in [0.25, 0.3) is 22.2 Å². The summed E-state index contributed by atoms with van der Waals surface area (Å²) in [5.41, 5.74) is 3.38. The SMILES string of the molecule is O=C(c1ccc(F)cc1)N1CCN(C(=O)c2cc(-c3ccncc3)nc3ccccc23)CC1. The molecule has 2 aromatic heterocycles. The number of piperazine rings is 1. The van der Waals surface area contributed by atoms with E-state index >= 15 is 0 Å². The van der Waals surface area contributed by atoms with E-state index in [9.17, 15) is 14.0 Å². The first-order valence-corrected chi connectivity index (χ1v) is 10.7. The predicted octanol–water partition coefficient (Wildman–Crippen LogP) is 4.03. The standard InChI is InChI=1S/C26H21FN4O2/c27-20-7-5-19(6-8-20)25(32)30-13-15-31(16-14-30)26(33)22-17-24(18-9-11-28-12-10-18)29-23-4-2-1-3-21(22)23/h1-12,17H,13-16H2. The Labute approximate surface area is 190 Å². The van der Waals surface area contributed by atoms with E-state index < -0.39 is 0 Å². The van der Waals surface area contributed by atoms with E-state index in [1.54, 1.807) is 22.2 Å². The van der Waals surface area contributed by atoms with Crippen LogP contribution in [-0.2, 0) is 0 Å². The summed E-state index contributed by atoms with van der Waals surface area (Å²) in [6.07, 6.45) is 3.40. The summed E-state index contributed by atoms with van der Waals surface area (Å²) in [5, 5.41) is 0.796. The second kappa shape index (κ2) is 8.78. The first kappa shape index (κ1) is 20.8. The quantitative estimate of drug-likeness (QED) is 0.482. The third-order valence-electron chi connectivity index (χ3n) is 5.87. The van der Waals surface area contributed by atoms with Crippen molar-refractivity contribution in [2.45, 2.75) is 0 Å². The predicted molar refractivity (Wildman–Crippen MR) is 123 cm³/mol. The smallest absolute Gasteiger partial charge is 0.254 e. The van der Waals surface area contributed by atoms with Crippen LogP contribution in [0.2, 0.25) is 0 Å². The normalized spacial score (nSPS) is 13.8. The van der Waals surface area contributed by atoms with Crippen molar-refractivity contribution in [1.82, 2.24) is 19.8 Å². The molecule has 1 aliphatic heterocycles. The highest BCUT2D eigenvalue weighted by Gasteiger charge is 2.27. The Morgan fingerprint density at radius 1 is 0.788 bits per heavy atom. The summed E-state index contributed by atoms with van der Waals surface area (Å²) in [6, 6.07) is 18.7. The molecule has 4 aromatic rings. The zero-order chi connectivity index (χ0) is 22.8. The Kier molecular flexibility index (Phi) is 5.52. The maximum absolute atomic E-state index is 13.5. The molecule has 2 amide bonds. The van der Waals surface area contributed by atoms with E-state index in [2.05, 4.69) is 4.98 Å². The topological polar surface area (TPSA) is 66.4 Å². The number of carbonyl (C=O) groups excluding carboxylic acids is 2. The van der Waals surface area contributed by atoms with Gasteiger partial charge in [-0.2, -0.15) is 0 Å². The highest BCUT2D eigenvalue weighted by atomic mass is 19.1. The second-order valence-electron chi connectivity index (χ2n) is 7.90. The van der Waals surface area contributed by atoms with Gasteiger partial charge < -0.3 is 9.80 Å². The number of rotatable bonds is 3. The van der Waals surface area contributed by atoms with E-state index in [1.807, 2.05) is 42.5 Å². The fourth-order valence-corrected chi connectivity index (χ4v) is 4.08. The van der Waals surface area contributed by atoms with Gasteiger partial charge in [-0.1, -0.05) is 18.2 Å². The zero-order valence-corrected chi connectivity index (χ0v) is 17.8. The van der Waals surface area contributed by atoms with Crippen molar-refractivity contribution in [3.63, 3.8) is 0 Å². The van der Waals surface area contributed by atoms with Crippen LogP contribution in [0.3, 0.4) is 0 Å². The van der Waals surface area contributed by atoms with Gasteiger partial charge in [0.05, 0.1) is 16.8 Å². The van der Waals surface area contributed by atoms with E-state index in [4.69, 9.17) is 4.98 Å². The van der Waals surface area contributed by atoms with Crippen molar-refractivity contribution in [3.8, 4) is 11.3 Å². The van der Waals surface area contributed by atoms with Crippen LogP contribution >= 0.6 is 0 Å². The largest absolute Gasteiger partial charge is 0.335 e. The van der Waals surface area contributed by atoms with Crippen molar-refractivity contribution < 1.29 is 14.0 Å². The summed E-state index contributed by atoms with van der Waals surface area (Å²) in [7, 11) is 0. The maximum atomic E-state index is 13.5. The van der Waals surface area contributed by atoms with Gasteiger partial charge in [0.25, 0.3) is 11.8 Å². The summed E-state index contributed by atoms with van der Waals surface area (Å²) in [4.78, 5) is 38.5. The van der Waals surface area contributed by atoms with Gasteiger partial charge in [-0.25, -0.2) is 9.37 Å². The third-order valence-corrected chi connectivity index (χ3v) is 5.87. The number of hydrogen-bond acceptors (Lipinski definition) is 4. The van der Waals surface area contributed by atoms with Gasteiger partial charge in [0.1, 0.15) is 5.82 Å². The summed E-state index contributed by atoms with van der Waals surface area (Å²) < 4.78 is 13.2. The van der Waals surface area contributed by atoms with Crippen molar-refractivity contribution in [2.24, 2.45) is 0 Å². The molecule has 0 radical (unpaired) electrons. The molecule has 0 N–H and O–H groups in total. The molecular formula is C26H21FN4O2. The Hall–Kier alpha value is -4.13. The van der Waals surface area contributed by atoms with Crippen molar-refractivity contribution in [3.05, 3.63) is 96.1 Å². The van der Waals surface area contributed by atoms with Gasteiger partial charge in [0.15, 0.2) is 0 Å². The second-order valence-corrected chi connectivity index (χ2v) is 7.90. The molecule has 1 fully saturated rings. The third kappa shape index (κ3) is 4.17. The van der Waals surface area contributed by atoms with E-state index in [-0.39, 0.29) is 17.6 Å². The first-order valence-electron chi connectivity index (χ1n) is 10.7. The van der Waals surface area contributed by atoms with E-state index in [1.165, 1.54) is 24.3 Å². The summed E-state index contributed by atoms with van der Waals surface area (Å²) >= 11 is 0. The summed E-state index contributed by atoms with van der Waals surface area (Å²) in [5.74, 6) is -0.619. The van der Waals surface area contributed by atoms with Crippen LogP contribution in [0.1, 0.15) is 20.7 Å². The average molecular weight is 440 g/mol. The molecule has 6 nitrogen and oxygen atoms in total. The monoisotopic (exact) mass is 440 g/mol. The maximum Gasteiger partial charge on any atom is 0.254 e. The van der Waals surface area contributed by atoms with Crippen LogP contribution in [-0.4, -0.2) is 57.8 Å². The lowest BCUT2D eigenvalue weighted by Crippen LogP contribution is -2.50. The zero-order valence-electron chi connectivity index (χ0n) is 17.8. The number of benzene rings is 2. The Bertz CT molecular complexity index is 1320. The Balaban J connectivity index is 1.38. The lowest BCUT2D eigenvalue weighted by Gasteiger charge is -2.35. The number of para-hydroxylation sites is 1. The van der Waals surface area contributed by atoms with Crippen molar-refractivity contribution in [2.75, 3.05) is 26.2 Å². The minimum Gasteiger partial charge on any atom is -0.335 e. The van der Waals surface area contributed by atoms with Crippen LogP contribution in [0.4, 0.5) is 4.39 Å². The molecule has 0 bridgehead atoms. The van der Waals surface area contributed by atoms with Gasteiger partial charge in [0.2, 0.25) is 0 Å².